The van der Waals surface area contributed by atoms with Gasteiger partial charge in [-0.15, -0.1) is 0 Å². The van der Waals surface area contributed by atoms with E-state index in [1.54, 1.807) is 33.5 Å². The van der Waals surface area contributed by atoms with E-state index in [0.29, 0.717) is 35.0 Å². The van der Waals surface area contributed by atoms with E-state index in [9.17, 15) is 5.26 Å². The van der Waals surface area contributed by atoms with Crippen molar-refractivity contribution in [1.82, 2.24) is 0 Å². The van der Waals surface area contributed by atoms with Crippen molar-refractivity contribution in [3.63, 3.8) is 0 Å². The molecule has 0 unspecified atom stereocenters. The Morgan fingerprint density at radius 3 is 1.83 bits per heavy atom. The van der Waals surface area contributed by atoms with Crippen LogP contribution in [0.1, 0.15) is 16.7 Å². The summed E-state index contributed by atoms with van der Waals surface area (Å²) in [5.74, 6) is 2.54. The monoisotopic (exact) mass is 313 g/mol. The van der Waals surface area contributed by atoms with E-state index < -0.39 is 0 Å². The zero-order valence-electron chi connectivity index (χ0n) is 13.7. The summed E-state index contributed by atoms with van der Waals surface area (Å²) in [6.45, 7) is 0. The minimum Gasteiger partial charge on any atom is -0.497 e. The molecule has 2 rings (SSSR count). The van der Waals surface area contributed by atoms with Gasteiger partial charge in [-0.3, -0.25) is 0 Å². The van der Waals surface area contributed by atoms with Gasteiger partial charge < -0.3 is 18.9 Å². The van der Waals surface area contributed by atoms with Crippen molar-refractivity contribution < 1.29 is 18.9 Å². The molecule has 23 heavy (non-hydrogen) atoms. The Labute approximate surface area is 136 Å². The summed E-state index contributed by atoms with van der Waals surface area (Å²) in [6.07, 6.45) is 0.532. The summed E-state index contributed by atoms with van der Waals surface area (Å²) >= 11 is 0. The van der Waals surface area contributed by atoms with Gasteiger partial charge in [0.2, 0.25) is 0 Å². The first-order valence-corrected chi connectivity index (χ1v) is 7.02. The van der Waals surface area contributed by atoms with Crippen LogP contribution in [0, 0.1) is 11.3 Å². The molecule has 120 valence electrons. The van der Waals surface area contributed by atoms with Gasteiger partial charge in [0, 0.05) is 12.1 Å². The van der Waals surface area contributed by atoms with Crippen LogP contribution >= 0.6 is 0 Å². The lowest BCUT2D eigenvalue weighted by molar-refractivity contribution is 0.392. The summed E-state index contributed by atoms with van der Waals surface area (Å²) in [5.41, 5.74) is 2.28. The van der Waals surface area contributed by atoms with E-state index in [0.717, 1.165) is 11.1 Å². The zero-order valence-corrected chi connectivity index (χ0v) is 13.7. The molecule has 0 radical (unpaired) electrons. The highest BCUT2D eigenvalue weighted by Gasteiger charge is 2.13. The van der Waals surface area contributed by atoms with Gasteiger partial charge in [0.05, 0.1) is 34.0 Å². The minimum absolute atomic E-state index is 0.495. The Balaban J connectivity index is 2.49. The molecule has 5 nitrogen and oxygen atoms in total. The van der Waals surface area contributed by atoms with Gasteiger partial charge in [0.1, 0.15) is 29.1 Å². The van der Waals surface area contributed by atoms with Gasteiger partial charge in [-0.2, -0.15) is 5.26 Å². The van der Waals surface area contributed by atoms with Gasteiger partial charge >= 0.3 is 0 Å². The molecule has 0 fully saturated rings. The number of nitrogens with zero attached hydrogens (tertiary/aromatic N) is 1. The first kappa shape index (κ1) is 16.5. The average Bonchev–Trinajstić information content (AvgIpc) is 2.60. The molecule has 2 aromatic carbocycles. The summed E-state index contributed by atoms with van der Waals surface area (Å²) in [6, 6.07) is 11.4. The molecule has 0 aliphatic carbocycles. The van der Waals surface area contributed by atoms with Crippen molar-refractivity contribution in [2.75, 3.05) is 28.4 Å². The fraction of sp³-hybridized carbons (Fsp3) is 0.278. The standard InChI is InChI=1S/C18H19NO4/c1-20-14-6-12(7-15(9-14)21-2)5-13-8-16(22-3)10-18(23-4)17(13)11-19/h6-10H,5H2,1-4H3. The third-order valence-corrected chi connectivity index (χ3v) is 3.53. The van der Waals surface area contributed by atoms with Crippen LogP contribution < -0.4 is 18.9 Å². The largest absolute Gasteiger partial charge is 0.497 e. The number of benzene rings is 2. The van der Waals surface area contributed by atoms with E-state index >= 15 is 0 Å². The SMILES string of the molecule is COc1cc(Cc2cc(OC)cc(OC)c2C#N)cc(OC)c1. The second kappa shape index (κ2) is 7.41. The second-order valence-corrected chi connectivity index (χ2v) is 4.87. The van der Waals surface area contributed by atoms with Gasteiger partial charge in [0.25, 0.3) is 0 Å². The third-order valence-electron chi connectivity index (χ3n) is 3.53. The first-order chi connectivity index (χ1) is 11.1. The second-order valence-electron chi connectivity index (χ2n) is 4.87. The predicted molar refractivity (Wildman–Crippen MR) is 86.6 cm³/mol. The lowest BCUT2D eigenvalue weighted by atomic mass is 9.98. The Hall–Kier alpha value is -2.87. The quantitative estimate of drug-likeness (QED) is 0.819. The molecule has 0 spiro atoms. The molecular formula is C18H19NO4. The van der Waals surface area contributed by atoms with Crippen LogP contribution in [-0.4, -0.2) is 28.4 Å². The van der Waals surface area contributed by atoms with Crippen LogP contribution in [0.2, 0.25) is 0 Å². The molecule has 0 saturated carbocycles. The van der Waals surface area contributed by atoms with Gasteiger partial charge in [-0.1, -0.05) is 0 Å². The molecule has 5 heteroatoms. The number of methoxy groups -OCH3 is 4. The number of ether oxygens (including phenoxy) is 4. The predicted octanol–water partition coefficient (Wildman–Crippen LogP) is 3.18. The Morgan fingerprint density at radius 2 is 1.35 bits per heavy atom. The molecular weight excluding hydrogens is 294 g/mol. The van der Waals surface area contributed by atoms with Crippen molar-refractivity contribution in [2.24, 2.45) is 0 Å². The fourth-order valence-corrected chi connectivity index (χ4v) is 2.38. The van der Waals surface area contributed by atoms with Crippen LogP contribution in [0.4, 0.5) is 0 Å². The van der Waals surface area contributed by atoms with Crippen LogP contribution in [0.25, 0.3) is 0 Å². The van der Waals surface area contributed by atoms with Crippen molar-refractivity contribution in [3.05, 3.63) is 47.0 Å². The van der Waals surface area contributed by atoms with Crippen LogP contribution in [-0.2, 0) is 6.42 Å². The molecule has 0 bridgehead atoms. The Morgan fingerprint density at radius 1 is 0.783 bits per heavy atom. The molecule has 0 saturated heterocycles. The Kier molecular flexibility index (Phi) is 5.32. The highest BCUT2D eigenvalue weighted by molar-refractivity contribution is 5.55. The minimum atomic E-state index is 0.495. The molecule has 0 aliphatic heterocycles. The van der Waals surface area contributed by atoms with E-state index in [-0.39, 0.29) is 0 Å². The van der Waals surface area contributed by atoms with Gasteiger partial charge in [-0.05, 0) is 35.7 Å². The van der Waals surface area contributed by atoms with Crippen molar-refractivity contribution in [3.8, 4) is 29.1 Å². The summed E-state index contributed by atoms with van der Waals surface area (Å²) in [4.78, 5) is 0. The van der Waals surface area contributed by atoms with Gasteiger partial charge in [-0.25, -0.2) is 0 Å². The first-order valence-electron chi connectivity index (χ1n) is 7.02. The number of rotatable bonds is 6. The molecule has 2 aromatic rings. The van der Waals surface area contributed by atoms with Gasteiger partial charge in [0.15, 0.2) is 0 Å². The zero-order chi connectivity index (χ0) is 16.8. The van der Waals surface area contributed by atoms with Crippen LogP contribution in [0.15, 0.2) is 30.3 Å². The molecule has 0 amide bonds. The number of hydrogen-bond donors (Lipinski definition) is 0. The maximum Gasteiger partial charge on any atom is 0.140 e. The normalized spacial score (nSPS) is 9.87. The molecule has 0 atom stereocenters. The lowest BCUT2D eigenvalue weighted by Crippen LogP contribution is -1.99. The molecule has 0 aliphatic rings. The smallest absolute Gasteiger partial charge is 0.140 e. The highest BCUT2D eigenvalue weighted by Crippen LogP contribution is 2.31. The number of hydrogen-bond acceptors (Lipinski definition) is 5. The lowest BCUT2D eigenvalue weighted by Gasteiger charge is -2.13. The van der Waals surface area contributed by atoms with E-state index in [4.69, 9.17) is 18.9 Å². The highest BCUT2D eigenvalue weighted by atomic mass is 16.5. The number of nitriles is 1. The van der Waals surface area contributed by atoms with Crippen molar-refractivity contribution >= 4 is 0 Å². The third kappa shape index (κ3) is 3.67. The van der Waals surface area contributed by atoms with E-state index in [1.165, 1.54) is 7.11 Å². The average molecular weight is 313 g/mol. The Bertz CT molecular complexity index is 712. The molecule has 0 N–H and O–H groups in total. The van der Waals surface area contributed by atoms with Crippen molar-refractivity contribution in [2.45, 2.75) is 6.42 Å². The van der Waals surface area contributed by atoms with E-state index in [1.807, 2.05) is 18.2 Å². The summed E-state index contributed by atoms with van der Waals surface area (Å²) < 4.78 is 21.2. The fourth-order valence-electron chi connectivity index (χ4n) is 2.38. The topological polar surface area (TPSA) is 60.7 Å². The van der Waals surface area contributed by atoms with Crippen molar-refractivity contribution in [1.29, 1.82) is 5.26 Å². The van der Waals surface area contributed by atoms with E-state index in [2.05, 4.69) is 6.07 Å². The maximum atomic E-state index is 9.45. The van der Waals surface area contributed by atoms with Crippen LogP contribution in [0.3, 0.4) is 0 Å². The summed E-state index contributed by atoms with van der Waals surface area (Å²) in [5, 5.41) is 9.45. The maximum absolute atomic E-state index is 9.45. The molecule has 0 aromatic heterocycles. The molecule has 0 heterocycles. The summed E-state index contributed by atoms with van der Waals surface area (Å²) in [7, 11) is 6.33. The van der Waals surface area contributed by atoms with Crippen LogP contribution in [0.5, 0.6) is 23.0 Å².